The molecule has 4 rings (SSSR count). The van der Waals surface area contributed by atoms with Crippen molar-refractivity contribution in [1.29, 1.82) is 0 Å². The monoisotopic (exact) mass is 365 g/mol. The quantitative estimate of drug-likeness (QED) is 0.389. The molecule has 0 N–H and O–H groups in total. The van der Waals surface area contributed by atoms with Gasteiger partial charge in [0.1, 0.15) is 16.9 Å². The van der Waals surface area contributed by atoms with Gasteiger partial charge in [0.15, 0.2) is 0 Å². The summed E-state index contributed by atoms with van der Waals surface area (Å²) in [7, 11) is 0. The summed E-state index contributed by atoms with van der Waals surface area (Å²) in [6.45, 7) is 10.4. The number of fused-ring (bicyclic) bond motifs is 3. The molecule has 0 aliphatic carbocycles. The first-order valence-electron chi connectivity index (χ1n) is 9.65. The van der Waals surface area contributed by atoms with Crippen LogP contribution in [0, 0.1) is 12.7 Å². The zero-order chi connectivity index (χ0) is 19.8. The molecule has 0 spiro atoms. The molecular formula is C23H28FN3. The average molecular weight is 365 g/mol. The summed E-state index contributed by atoms with van der Waals surface area (Å²) in [6.07, 6.45) is 2.64. The van der Waals surface area contributed by atoms with Crippen LogP contribution in [0.15, 0.2) is 54.6 Å². The smallest absolute Gasteiger partial charge is 0.123 e. The molecule has 0 bridgehead atoms. The molecule has 3 aromatic carbocycles. The minimum Gasteiger partial charge on any atom is -0.207 e. The Bertz CT molecular complexity index is 986. The zero-order valence-corrected chi connectivity index (χ0v) is 16.8. The molecule has 0 aliphatic rings. The highest BCUT2D eigenvalue weighted by Gasteiger charge is 2.10. The Balaban J connectivity index is 0.000000389. The first kappa shape index (κ1) is 20.6. The minimum atomic E-state index is -0.267. The van der Waals surface area contributed by atoms with Gasteiger partial charge in [-0.05, 0) is 48.2 Å². The summed E-state index contributed by atoms with van der Waals surface area (Å²) in [4.78, 5) is 1.55. The van der Waals surface area contributed by atoms with Crippen molar-refractivity contribution >= 4 is 21.8 Å². The molecule has 1 aromatic heterocycles. The molecule has 0 amide bonds. The highest BCUT2D eigenvalue weighted by molar-refractivity contribution is 6.05. The first-order valence-corrected chi connectivity index (χ1v) is 9.65. The molecule has 0 aliphatic heterocycles. The summed E-state index contributed by atoms with van der Waals surface area (Å²) < 4.78 is 13.0. The predicted molar refractivity (Wildman–Crippen MR) is 113 cm³/mol. The van der Waals surface area contributed by atoms with Crippen LogP contribution in [0.4, 0.5) is 4.39 Å². The SMILES string of the molecule is CC.CCCC.Cc1cc2nn(-c3ccc(F)cc3)nc2c2ccccc12. The van der Waals surface area contributed by atoms with Gasteiger partial charge in [-0.1, -0.05) is 64.8 Å². The van der Waals surface area contributed by atoms with Gasteiger partial charge in [-0.3, -0.25) is 0 Å². The lowest BCUT2D eigenvalue weighted by Crippen LogP contribution is -1.98. The van der Waals surface area contributed by atoms with Crippen molar-refractivity contribution in [3.8, 4) is 5.69 Å². The Morgan fingerprint density at radius 2 is 1.44 bits per heavy atom. The second kappa shape index (κ2) is 9.81. The van der Waals surface area contributed by atoms with Crippen molar-refractivity contribution in [2.24, 2.45) is 0 Å². The minimum absolute atomic E-state index is 0.267. The van der Waals surface area contributed by atoms with E-state index in [9.17, 15) is 4.39 Å². The van der Waals surface area contributed by atoms with Crippen LogP contribution in [0.25, 0.3) is 27.5 Å². The van der Waals surface area contributed by atoms with E-state index in [0.29, 0.717) is 0 Å². The van der Waals surface area contributed by atoms with E-state index in [1.807, 2.05) is 38.1 Å². The number of hydrogen-bond acceptors (Lipinski definition) is 2. The van der Waals surface area contributed by atoms with Gasteiger partial charge in [-0.2, -0.15) is 4.80 Å². The Morgan fingerprint density at radius 1 is 0.852 bits per heavy atom. The maximum atomic E-state index is 13.0. The fourth-order valence-electron chi connectivity index (χ4n) is 2.61. The van der Waals surface area contributed by atoms with Crippen molar-refractivity contribution in [2.75, 3.05) is 0 Å². The van der Waals surface area contributed by atoms with Gasteiger partial charge >= 0.3 is 0 Å². The van der Waals surface area contributed by atoms with Crippen LogP contribution < -0.4 is 0 Å². The molecule has 0 fully saturated rings. The van der Waals surface area contributed by atoms with E-state index < -0.39 is 0 Å². The number of aryl methyl sites for hydroxylation is 1. The van der Waals surface area contributed by atoms with E-state index in [2.05, 4.69) is 37.0 Å². The topological polar surface area (TPSA) is 30.7 Å². The normalized spacial score (nSPS) is 10.1. The molecule has 27 heavy (non-hydrogen) atoms. The van der Waals surface area contributed by atoms with Crippen LogP contribution >= 0.6 is 0 Å². The standard InChI is InChI=1S/C17H12FN3.C4H10.C2H6/c1-11-10-16-17(15-5-3-2-4-14(11)15)20-21(19-16)13-8-6-12(18)7-9-13;1-3-4-2;1-2/h2-10H,1H3;3-4H2,1-2H3;1-2H3. The van der Waals surface area contributed by atoms with Crippen LogP contribution in [-0.4, -0.2) is 15.0 Å². The van der Waals surface area contributed by atoms with Crippen LogP contribution in [0.3, 0.4) is 0 Å². The molecule has 4 heteroatoms. The number of aromatic nitrogens is 3. The third-order valence-corrected chi connectivity index (χ3v) is 4.16. The molecule has 0 saturated heterocycles. The number of rotatable bonds is 2. The maximum absolute atomic E-state index is 13.0. The number of halogens is 1. The fraction of sp³-hybridized carbons (Fsp3) is 0.304. The largest absolute Gasteiger partial charge is 0.207 e. The van der Waals surface area contributed by atoms with Crippen molar-refractivity contribution in [3.63, 3.8) is 0 Å². The highest BCUT2D eigenvalue weighted by Crippen LogP contribution is 2.26. The van der Waals surface area contributed by atoms with E-state index in [0.717, 1.165) is 22.1 Å². The van der Waals surface area contributed by atoms with Crippen LogP contribution in [-0.2, 0) is 0 Å². The van der Waals surface area contributed by atoms with E-state index in [4.69, 9.17) is 0 Å². The van der Waals surface area contributed by atoms with E-state index in [1.165, 1.54) is 35.9 Å². The number of unbranched alkanes of at least 4 members (excludes halogenated alkanes) is 1. The lowest BCUT2D eigenvalue weighted by Gasteiger charge is -2.00. The number of hydrogen-bond donors (Lipinski definition) is 0. The van der Waals surface area contributed by atoms with E-state index in [1.54, 1.807) is 16.9 Å². The summed E-state index contributed by atoms with van der Waals surface area (Å²) in [5, 5.41) is 11.3. The molecule has 0 unspecified atom stereocenters. The van der Waals surface area contributed by atoms with Crippen molar-refractivity contribution in [2.45, 2.75) is 47.5 Å². The fourth-order valence-corrected chi connectivity index (χ4v) is 2.61. The predicted octanol–water partition coefficient (Wildman–Crippen LogP) is 6.85. The average Bonchev–Trinajstić information content (AvgIpc) is 3.14. The molecule has 142 valence electrons. The Morgan fingerprint density at radius 3 is 2.04 bits per heavy atom. The second-order valence-electron chi connectivity index (χ2n) is 6.07. The second-order valence-corrected chi connectivity index (χ2v) is 6.07. The number of nitrogens with zero attached hydrogens (tertiary/aromatic N) is 3. The van der Waals surface area contributed by atoms with Gasteiger partial charge in [-0.25, -0.2) is 4.39 Å². The third-order valence-electron chi connectivity index (χ3n) is 4.16. The van der Waals surface area contributed by atoms with Crippen molar-refractivity contribution in [3.05, 3.63) is 66.0 Å². The Labute approximate surface area is 160 Å². The highest BCUT2D eigenvalue weighted by atomic mass is 19.1. The molecule has 0 atom stereocenters. The van der Waals surface area contributed by atoms with E-state index >= 15 is 0 Å². The molecular weight excluding hydrogens is 337 g/mol. The Kier molecular flexibility index (Phi) is 7.47. The van der Waals surface area contributed by atoms with Gasteiger partial charge < -0.3 is 0 Å². The molecule has 0 radical (unpaired) electrons. The molecule has 1 heterocycles. The summed E-state index contributed by atoms with van der Waals surface area (Å²) in [5.41, 5.74) is 3.62. The van der Waals surface area contributed by atoms with E-state index in [-0.39, 0.29) is 5.82 Å². The third kappa shape index (κ3) is 4.70. The van der Waals surface area contributed by atoms with Gasteiger partial charge in [0.2, 0.25) is 0 Å². The van der Waals surface area contributed by atoms with Gasteiger partial charge in [0.05, 0.1) is 5.69 Å². The zero-order valence-electron chi connectivity index (χ0n) is 16.8. The lowest BCUT2D eigenvalue weighted by molar-refractivity contribution is 0.626. The first-order chi connectivity index (χ1) is 13.1. The van der Waals surface area contributed by atoms with Crippen LogP contribution in [0.2, 0.25) is 0 Å². The van der Waals surface area contributed by atoms with Crippen LogP contribution in [0.1, 0.15) is 46.1 Å². The molecule has 3 nitrogen and oxygen atoms in total. The van der Waals surface area contributed by atoms with Gasteiger partial charge in [0, 0.05) is 5.39 Å². The number of benzene rings is 3. The summed E-state index contributed by atoms with van der Waals surface area (Å²) in [5.74, 6) is -0.267. The summed E-state index contributed by atoms with van der Waals surface area (Å²) >= 11 is 0. The van der Waals surface area contributed by atoms with Crippen molar-refractivity contribution < 1.29 is 4.39 Å². The van der Waals surface area contributed by atoms with Crippen LogP contribution in [0.5, 0.6) is 0 Å². The van der Waals surface area contributed by atoms with Gasteiger partial charge in [0.25, 0.3) is 0 Å². The molecule has 4 aromatic rings. The molecule has 0 saturated carbocycles. The lowest BCUT2D eigenvalue weighted by atomic mass is 10.0. The van der Waals surface area contributed by atoms with Gasteiger partial charge in [-0.15, -0.1) is 10.2 Å². The Hall–Kier alpha value is -2.75. The maximum Gasteiger partial charge on any atom is 0.123 e. The van der Waals surface area contributed by atoms with Crippen molar-refractivity contribution in [1.82, 2.24) is 15.0 Å². The summed E-state index contributed by atoms with van der Waals surface area (Å²) in [6, 6.07) is 16.3.